The van der Waals surface area contributed by atoms with Crippen LogP contribution in [0.3, 0.4) is 0 Å². The molecule has 1 aromatic carbocycles. The Balaban J connectivity index is 2.61. The van der Waals surface area contributed by atoms with Crippen molar-refractivity contribution in [3.63, 3.8) is 0 Å². The molecule has 0 amide bonds. The molecule has 1 atom stereocenters. The summed E-state index contributed by atoms with van der Waals surface area (Å²) < 4.78 is 6.63. The highest BCUT2D eigenvalue weighted by atomic mass is 79.9. The number of hydrogen-bond acceptors (Lipinski definition) is 3. The highest BCUT2D eigenvalue weighted by molar-refractivity contribution is 9.10. The molecule has 0 aliphatic rings. The zero-order valence-corrected chi connectivity index (χ0v) is 12.8. The molecule has 0 heterocycles. The fraction of sp³-hybridized carbons (Fsp3) is 0.571. The van der Waals surface area contributed by atoms with Crippen LogP contribution in [0, 0.1) is 0 Å². The van der Waals surface area contributed by atoms with Crippen LogP contribution in [-0.4, -0.2) is 23.9 Å². The minimum atomic E-state index is 0.162. The standard InChI is InChI=1S/C14H22BrNO2/c1-4-12(9-17)16-8-11-5-6-14(13(15)7-11)18-10(2)3/h5-7,10,12,16-17H,4,8-9H2,1-3H3/t12-/m0/s1. The third-order valence-electron chi connectivity index (χ3n) is 2.67. The Morgan fingerprint density at radius 1 is 1.39 bits per heavy atom. The Hall–Kier alpha value is -0.580. The monoisotopic (exact) mass is 315 g/mol. The van der Waals surface area contributed by atoms with E-state index in [9.17, 15) is 0 Å². The van der Waals surface area contributed by atoms with Gasteiger partial charge in [0.1, 0.15) is 5.75 Å². The van der Waals surface area contributed by atoms with Crippen LogP contribution in [0.2, 0.25) is 0 Å². The summed E-state index contributed by atoms with van der Waals surface area (Å²) in [6, 6.07) is 6.23. The number of aliphatic hydroxyl groups excluding tert-OH is 1. The number of hydrogen-bond donors (Lipinski definition) is 2. The van der Waals surface area contributed by atoms with Gasteiger partial charge < -0.3 is 15.2 Å². The van der Waals surface area contributed by atoms with Crippen molar-refractivity contribution in [1.29, 1.82) is 0 Å². The van der Waals surface area contributed by atoms with E-state index in [1.807, 2.05) is 26.0 Å². The molecule has 0 aliphatic carbocycles. The maximum Gasteiger partial charge on any atom is 0.133 e. The average molecular weight is 316 g/mol. The molecule has 3 nitrogen and oxygen atoms in total. The van der Waals surface area contributed by atoms with Gasteiger partial charge in [-0.05, 0) is 53.9 Å². The van der Waals surface area contributed by atoms with E-state index in [2.05, 4.69) is 34.2 Å². The summed E-state index contributed by atoms with van der Waals surface area (Å²) in [4.78, 5) is 0. The van der Waals surface area contributed by atoms with Gasteiger partial charge in [-0.25, -0.2) is 0 Å². The third-order valence-corrected chi connectivity index (χ3v) is 3.29. The topological polar surface area (TPSA) is 41.5 Å². The molecule has 0 radical (unpaired) electrons. The number of aliphatic hydroxyl groups is 1. The molecule has 0 fully saturated rings. The first-order chi connectivity index (χ1) is 8.56. The van der Waals surface area contributed by atoms with Crippen LogP contribution < -0.4 is 10.1 Å². The predicted molar refractivity (Wildman–Crippen MR) is 77.9 cm³/mol. The zero-order valence-electron chi connectivity index (χ0n) is 11.2. The van der Waals surface area contributed by atoms with Gasteiger partial charge in [0.05, 0.1) is 17.2 Å². The number of ether oxygens (including phenoxy) is 1. The average Bonchev–Trinajstić information content (AvgIpc) is 2.33. The Labute approximate surface area is 118 Å². The summed E-state index contributed by atoms with van der Waals surface area (Å²) >= 11 is 3.51. The van der Waals surface area contributed by atoms with Crippen LogP contribution in [0.25, 0.3) is 0 Å². The van der Waals surface area contributed by atoms with E-state index in [-0.39, 0.29) is 18.8 Å². The van der Waals surface area contributed by atoms with Crippen molar-refractivity contribution in [3.05, 3.63) is 28.2 Å². The molecule has 0 aromatic heterocycles. The van der Waals surface area contributed by atoms with Crippen LogP contribution in [0.5, 0.6) is 5.75 Å². The lowest BCUT2D eigenvalue weighted by Crippen LogP contribution is -2.31. The number of nitrogens with one attached hydrogen (secondary N) is 1. The van der Waals surface area contributed by atoms with Crippen LogP contribution in [-0.2, 0) is 6.54 Å². The summed E-state index contributed by atoms with van der Waals surface area (Å²) in [6.45, 7) is 7.00. The molecule has 1 rings (SSSR count). The van der Waals surface area contributed by atoms with Crippen LogP contribution in [0.4, 0.5) is 0 Å². The van der Waals surface area contributed by atoms with Crippen LogP contribution in [0.1, 0.15) is 32.8 Å². The van der Waals surface area contributed by atoms with Crippen molar-refractivity contribution in [1.82, 2.24) is 5.32 Å². The van der Waals surface area contributed by atoms with Gasteiger partial charge in [0.15, 0.2) is 0 Å². The smallest absolute Gasteiger partial charge is 0.133 e. The minimum Gasteiger partial charge on any atom is -0.490 e. The first kappa shape index (κ1) is 15.5. The van der Waals surface area contributed by atoms with Crippen molar-refractivity contribution in [2.75, 3.05) is 6.61 Å². The molecule has 2 N–H and O–H groups in total. The Kier molecular flexibility index (Phi) is 6.68. The molecule has 1 aromatic rings. The van der Waals surface area contributed by atoms with Crippen molar-refractivity contribution in [2.45, 2.75) is 45.9 Å². The minimum absolute atomic E-state index is 0.162. The largest absolute Gasteiger partial charge is 0.490 e. The highest BCUT2D eigenvalue weighted by Gasteiger charge is 2.07. The van der Waals surface area contributed by atoms with Crippen molar-refractivity contribution >= 4 is 15.9 Å². The Morgan fingerprint density at radius 3 is 2.61 bits per heavy atom. The van der Waals surface area contributed by atoms with Gasteiger partial charge in [-0.1, -0.05) is 13.0 Å². The van der Waals surface area contributed by atoms with E-state index in [0.717, 1.165) is 23.2 Å². The fourth-order valence-corrected chi connectivity index (χ4v) is 2.12. The molecule has 102 valence electrons. The summed E-state index contributed by atoms with van der Waals surface area (Å²) in [7, 11) is 0. The molecule has 18 heavy (non-hydrogen) atoms. The predicted octanol–water partition coefficient (Wildman–Crippen LogP) is 3.10. The summed E-state index contributed by atoms with van der Waals surface area (Å²) in [5, 5.41) is 12.4. The number of benzene rings is 1. The van der Waals surface area contributed by atoms with Crippen molar-refractivity contribution < 1.29 is 9.84 Å². The van der Waals surface area contributed by atoms with Crippen molar-refractivity contribution in [2.24, 2.45) is 0 Å². The van der Waals surface area contributed by atoms with Gasteiger partial charge in [0.2, 0.25) is 0 Å². The first-order valence-electron chi connectivity index (χ1n) is 6.36. The lowest BCUT2D eigenvalue weighted by Gasteiger charge is -2.15. The second-order valence-corrected chi connectivity index (χ2v) is 5.45. The van der Waals surface area contributed by atoms with Gasteiger partial charge in [0, 0.05) is 12.6 Å². The molecule has 0 aliphatic heterocycles. The second kappa shape index (κ2) is 7.77. The van der Waals surface area contributed by atoms with Gasteiger partial charge >= 0.3 is 0 Å². The van der Waals surface area contributed by atoms with E-state index in [0.29, 0.717) is 0 Å². The number of halogens is 1. The maximum absolute atomic E-state index is 9.11. The van der Waals surface area contributed by atoms with E-state index < -0.39 is 0 Å². The zero-order chi connectivity index (χ0) is 13.5. The van der Waals surface area contributed by atoms with Gasteiger partial charge in [-0.2, -0.15) is 0 Å². The second-order valence-electron chi connectivity index (χ2n) is 4.60. The van der Waals surface area contributed by atoms with E-state index >= 15 is 0 Å². The lowest BCUT2D eigenvalue weighted by molar-refractivity contribution is 0.237. The molecule has 0 bridgehead atoms. The summed E-state index contributed by atoms with van der Waals surface area (Å²) in [5.74, 6) is 0.864. The van der Waals surface area contributed by atoms with Crippen LogP contribution in [0.15, 0.2) is 22.7 Å². The van der Waals surface area contributed by atoms with Gasteiger partial charge in [-0.15, -0.1) is 0 Å². The lowest BCUT2D eigenvalue weighted by atomic mass is 10.2. The van der Waals surface area contributed by atoms with Crippen LogP contribution >= 0.6 is 15.9 Å². The normalized spacial score (nSPS) is 12.8. The summed E-state index contributed by atoms with van der Waals surface area (Å²) in [5.41, 5.74) is 1.17. The molecule has 0 spiro atoms. The molecular weight excluding hydrogens is 294 g/mol. The van der Waals surface area contributed by atoms with E-state index in [1.165, 1.54) is 5.56 Å². The van der Waals surface area contributed by atoms with E-state index in [4.69, 9.17) is 9.84 Å². The quantitative estimate of drug-likeness (QED) is 0.812. The van der Waals surface area contributed by atoms with Crippen molar-refractivity contribution in [3.8, 4) is 5.75 Å². The molecule has 0 saturated heterocycles. The fourth-order valence-electron chi connectivity index (χ4n) is 1.60. The number of rotatable bonds is 7. The molecule has 0 saturated carbocycles. The molecule has 0 unspecified atom stereocenters. The first-order valence-corrected chi connectivity index (χ1v) is 7.15. The molecule has 4 heteroatoms. The van der Waals surface area contributed by atoms with Gasteiger partial charge in [-0.3, -0.25) is 0 Å². The highest BCUT2D eigenvalue weighted by Crippen LogP contribution is 2.26. The molecular formula is C14H22BrNO2. The Morgan fingerprint density at radius 2 is 2.11 bits per heavy atom. The van der Waals surface area contributed by atoms with E-state index in [1.54, 1.807) is 0 Å². The third kappa shape index (κ3) is 4.96. The maximum atomic E-state index is 9.11. The van der Waals surface area contributed by atoms with Gasteiger partial charge in [0.25, 0.3) is 0 Å². The Bertz CT molecular complexity index is 365. The summed E-state index contributed by atoms with van der Waals surface area (Å²) in [6.07, 6.45) is 1.09. The SMILES string of the molecule is CC[C@@H](CO)NCc1ccc(OC(C)C)c(Br)c1.